The first kappa shape index (κ1) is 10.9. The number of nitrogens with two attached hydrogens (primary N) is 1. The van der Waals surface area contributed by atoms with Crippen LogP contribution in [0.1, 0.15) is 0 Å². The molecule has 0 spiro atoms. The van der Waals surface area contributed by atoms with E-state index in [4.69, 9.17) is 5.73 Å². The molecule has 0 fully saturated rings. The molecule has 0 aliphatic rings. The van der Waals surface area contributed by atoms with Crippen molar-refractivity contribution in [3.05, 3.63) is 41.2 Å². The summed E-state index contributed by atoms with van der Waals surface area (Å²) in [4.78, 5) is 10.1. The Bertz CT molecular complexity index is 878. The largest absolute Gasteiger partial charge is 0.399 e. The molecular formula is C14H9N3S2. The SMILES string of the molecule is Nc1ccc2sc3nc(-c4ccsc4)ncc3c2c1. The van der Waals surface area contributed by atoms with Crippen LogP contribution in [0.3, 0.4) is 0 Å². The van der Waals surface area contributed by atoms with Crippen LogP contribution in [0.25, 0.3) is 31.7 Å². The maximum Gasteiger partial charge on any atom is 0.161 e. The normalized spacial score (nSPS) is 11.4. The van der Waals surface area contributed by atoms with E-state index in [-0.39, 0.29) is 0 Å². The van der Waals surface area contributed by atoms with Crippen LogP contribution in [-0.2, 0) is 0 Å². The lowest BCUT2D eigenvalue weighted by molar-refractivity contribution is 1.25. The summed E-state index contributed by atoms with van der Waals surface area (Å²) >= 11 is 3.33. The van der Waals surface area contributed by atoms with Gasteiger partial charge in [0.15, 0.2) is 5.82 Å². The fraction of sp³-hybridized carbons (Fsp3) is 0. The van der Waals surface area contributed by atoms with Gasteiger partial charge >= 0.3 is 0 Å². The number of rotatable bonds is 1. The van der Waals surface area contributed by atoms with E-state index in [1.54, 1.807) is 22.7 Å². The molecule has 0 bridgehead atoms. The highest BCUT2D eigenvalue weighted by Crippen LogP contribution is 2.34. The van der Waals surface area contributed by atoms with Gasteiger partial charge in [-0.2, -0.15) is 11.3 Å². The molecule has 0 atom stereocenters. The van der Waals surface area contributed by atoms with Gasteiger partial charge in [-0.15, -0.1) is 11.3 Å². The Labute approximate surface area is 117 Å². The minimum Gasteiger partial charge on any atom is -0.399 e. The van der Waals surface area contributed by atoms with Gasteiger partial charge in [0.2, 0.25) is 0 Å². The highest BCUT2D eigenvalue weighted by atomic mass is 32.1. The van der Waals surface area contributed by atoms with E-state index in [1.807, 2.05) is 35.8 Å². The van der Waals surface area contributed by atoms with Crippen LogP contribution in [0.4, 0.5) is 5.69 Å². The maximum atomic E-state index is 5.85. The number of anilines is 1. The standard InChI is InChI=1S/C14H9N3S2/c15-9-1-2-12-10(5-9)11-6-16-13(17-14(11)19-12)8-3-4-18-7-8/h1-7H,15H2. The van der Waals surface area contributed by atoms with Crippen molar-refractivity contribution >= 4 is 48.7 Å². The molecule has 1 aromatic carbocycles. The smallest absolute Gasteiger partial charge is 0.161 e. The predicted octanol–water partition coefficient (Wildman–Crippen LogP) is 4.16. The number of nitrogen functional groups attached to an aromatic ring is 1. The van der Waals surface area contributed by atoms with Crippen LogP contribution in [0, 0.1) is 0 Å². The Hall–Kier alpha value is -1.98. The Balaban J connectivity index is 2.02. The lowest BCUT2D eigenvalue weighted by Crippen LogP contribution is -1.86. The summed E-state index contributed by atoms with van der Waals surface area (Å²) in [7, 11) is 0. The molecular weight excluding hydrogens is 274 g/mol. The first-order valence-corrected chi connectivity index (χ1v) is 7.54. The number of hydrogen-bond donors (Lipinski definition) is 1. The second kappa shape index (κ2) is 4.01. The van der Waals surface area contributed by atoms with Gasteiger partial charge in [-0.3, -0.25) is 0 Å². The van der Waals surface area contributed by atoms with E-state index in [2.05, 4.69) is 15.3 Å². The second-order valence-electron chi connectivity index (χ2n) is 4.28. The van der Waals surface area contributed by atoms with Crippen molar-refractivity contribution in [2.45, 2.75) is 0 Å². The van der Waals surface area contributed by atoms with Gasteiger partial charge in [0.1, 0.15) is 4.83 Å². The molecule has 3 aromatic heterocycles. The molecule has 4 rings (SSSR count). The summed E-state index contributed by atoms with van der Waals surface area (Å²) < 4.78 is 1.20. The van der Waals surface area contributed by atoms with Crippen LogP contribution in [0.15, 0.2) is 41.2 Å². The van der Waals surface area contributed by atoms with E-state index in [0.29, 0.717) is 0 Å². The van der Waals surface area contributed by atoms with Crippen LogP contribution < -0.4 is 5.73 Å². The molecule has 0 aliphatic carbocycles. The average Bonchev–Trinajstić information content (AvgIpc) is 3.04. The summed E-state index contributed by atoms with van der Waals surface area (Å²) in [6, 6.07) is 7.99. The fourth-order valence-corrected chi connectivity index (χ4v) is 3.77. The van der Waals surface area contributed by atoms with Gasteiger partial charge in [-0.05, 0) is 29.6 Å². The van der Waals surface area contributed by atoms with Gasteiger partial charge in [-0.1, -0.05) is 0 Å². The molecule has 0 amide bonds. The lowest BCUT2D eigenvalue weighted by atomic mass is 10.2. The van der Waals surface area contributed by atoms with E-state index >= 15 is 0 Å². The molecule has 92 valence electrons. The van der Waals surface area contributed by atoms with Crippen molar-refractivity contribution in [2.75, 3.05) is 5.73 Å². The number of aromatic nitrogens is 2. The van der Waals surface area contributed by atoms with Crippen molar-refractivity contribution in [2.24, 2.45) is 0 Å². The molecule has 3 heterocycles. The van der Waals surface area contributed by atoms with Crippen molar-refractivity contribution in [3.63, 3.8) is 0 Å². The highest BCUT2D eigenvalue weighted by Gasteiger charge is 2.09. The van der Waals surface area contributed by atoms with Gasteiger partial charge < -0.3 is 5.73 Å². The molecule has 5 heteroatoms. The zero-order valence-electron chi connectivity index (χ0n) is 9.83. The molecule has 2 N–H and O–H groups in total. The summed E-state index contributed by atoms with van der Waals surface area (Å²) in [5, 5.41) is 6.31. The highest BCUT2D eigenvalue weighted by molar-refractivity contribution is 7.25. The molecule has 0 aliphatic heterocycles. The van der Waals surface area contributed by atoms with Gasteiger partial charge in [-0.25, -0.2) is 9.97 Å². The summed E-state index contributed by atoms with van der Waals surface area (Å²) in [6.07, 6.45) is 1.90. The minimum absolute atomic E-state index is 0.772. The predicted molar refractivity (Wildman–Crippen MR) is 82.6 cm³/mol. The maximum absolute atomic E-state index is 5.85. The first-order valence-electron chi connectivity index (χ1n) is 5.78. The van der Waals surface area contributed by atoms with Gasteiger partial charge in [0.25, 0.3) is 0 Å². The number of nitrogens with zero attached hydrogens (tertiary/aromatic N) is 2. The molecule has 19 heavy (non-hydrogen) atoms. The Morgan fingerprint density at radius 3 is 2.89 bits per heavy atom. The van der Waals surface area contributed by atoms with E-state index in [9.17, 15) is 0 Å². The first-order chi connectivity index (χ1) is 9.31. The third-order valence-corrected chi connectivity index (χ3v) is 4.80. The number of thiophene rings is 2. The molecule has 0 saturated heterocycles. The summed E-state index contributed by atoms with van der Waals surface area (Å²) in [5.74, 6) is 0.785. The third kappa shape index (κ3) is 1.70. The van der Waals surface area contributed by atoms with Crippen molar-refractivity contribution in [3.8, 4) is 11.4 Å². The van der Waals surface area contributed by atoms with Crippen LogP contribution in [0.2, 0.25) is 0 Å². The number of fused-ring (bicyclic) bond motifs is 3. The van der Waals surface area contributed by atoms with Crippen molar-refractivity contribution in [1.29, 1.82) is 0 Å². The molecule has 4 aromatic rings. The molecule has 3 nitrogen and oxygen atoms in total. The van der Waals surface area contributed by atoms with E-state index in [1.165, 1.54) is 4.70 Å². The monoisotopic (exact) mass is 283 g/mol. The average molecular weight is 283 g/mol. The Morgan fingerprint density at radius 1 is 1.11 bits per heavy atom. The Morgan fingerprint density at radius 2 is 2.05 bits per heavy atom. The zero-order valence-corrected chi connectivity index (χ0v) is 11.5. The van der Waals surface area contributed by atoms with Crippen LogP contribution >= 0.6 is 22.7 Å². The Kier molecular flexibility index (Phi) is 2.30. The summed E-state index contributed by atoms with van der Waals surface area (Å²) in [6.45, 7) is 0. The minimum atomic E-state index is 0.772. The van der Waals surface area contributed by atoms with E-state index < -0.39 is 0 Å². The van der Waals surface area contributed by atoms with Gasteiger partial charge in [0, 0.05) is 38.3 Å². The quantitative estimate of drug-likeness (QED) is 0.534. The topological polar surface area (TPSA) is 51.8 Å². The summed E-state index contributed by atoms with van der Waals surface area (Å²) in [5.41, 5.74) is 7.69. The van der Waals surface area contributed by atoms with Crippen molar-refractivity contribution in [1.82, 2.24) is 9.97 Å². The fourth-order valence-electron chi connectivity index (χ4n) is 2.11. The number of hydrogen-bond acceptors (Lipinski definition) is 5. The lowest BCUT2D eigenvalue weighted by Gasteiger charge is -1.96. The second-order valence-corrected chi connectivity index (χ2v) is 6.09. The van der Waals surface area contributed by atoms with E-state index in [0.717, 1.165) is 32.7 Å². The molecule has 0 radical (unpaired) electrons. The molecule has 0 unspecified atom stereocenters. The van der Waals surface area contributed by atoms with Crippen LogP contribution in [-0.4, -0.2) is 9.97 Å². The number of benzene rings is 1. The third-order valence-electron chi connectivity index (χ3n) is 3.03. The van der Waals surface area contributed by atoms with Crippen molar-refractivity contribution < 1.29 is 0 Å². The van der Waals surface area contributed by atoms with Crippen LogP contribution in [0.5, 0.6) is 0 Å². The molecule has 0 saturated carbocycles. The van der Waals surface area contributed by atoms with Gasteiger partial charge in [0.05, 0.1) is 0 Å². The zero-order chi connectivity index (χ0) is 12.8.